The summed E-state index contributed by atoms with van der Waals surface area (Å²) in [6, 6.07) is 6.68. The van der Waals surface area contributed by atoms with Crippen molar-refractivity contribution >= 4 is 6.08 Å². The average molecular weight is 341 g/mol. The number of aromatic hydroxyl groups is 1. The molecular weight excluding hydrogens is 310 g/mol. The molecule has 1 unspecified atom stereocenters. The van der Waals surface area contributed by atoms with Crippen LogP contribution in [0.5, 0.6) is 5.75 Å². The molecule has 1 atom stereocenters. The van der Waals surface area contributed by atoms with Gasteiger partial charge in [-0.05, 0) is 42.2 Å². The van der Waals surface area contributed by atoms with E-state index in [9.17, 15) is 10.2 Å². The van der Waals surface area contributed by atoms with Gasteiger partial charge < -0.3 is 15.9 Å². The highest BCUT2D eigenvalue weighted by Crippen LogP contribution is 2.30. The van der Waals surface area contributed by atoms with Crippen molar-refractivity contribution in [2.24, 2.45) is 5.73 Å². The number of rotatable bonds is 9. The lowest BCUT2D eigenvalue weighted by Crippen LogP contribution is -2.28. The summed E-state index contributed by atoms with van der Waals surface area (Å²) >= 11 is 0. The van der Waals surface area contributed by atoms with E-state index in [1.165, 1.54) is 38.5 Å². The zero-order valence-electron chi connectivity index (χ0n) is 15.2. The van der Waals surface area contributed by atoms with E-state index < -0.39 is 6.04 Å². The van der Waals surface area contributed by atoms with Crippen LogP contribution in [0.25, 0.3) is 6.08 Å². The van der Waals surface area contributed by atoms with Crippen molar-refractivity contribution < 1.29 is 10.2 Å². The van der Waals surface area contributed by atoms with Crippen LogP contribution in [0.1, 0.15) is 63.9 Å². The Morgan fingerprint density at radius 3 is 2.36 bits per heavy atom. The van der Waals surface area contributed by atoms with Crippen LogP contribution in [0.15, 0.2) is 53.3 Å². The molecule has 2 rings (SSSR count). The highest BCUT2D eigenvalue weighted by Gasteiger charge is 2.21. The summed E-state index contributed by atoms with van der Waals surface area (Å²) in [5.41, 5.74) is 8.97. The van der Waals surface area contributed by atoms with Gasteiger partial charge >= 0.3 is 0 Å². The predicted molar refractivity (Wildman–Crippen MR) is 105 cm³/mol. The van der Waals surface area contributed by atoms with Crippen LogP contribution in [0.3, 0.4) is 0 Å². The van der Waals surface area contributed by atoms with Gasteiger partial charge in [-0.1, -0.05) is 69.7 Å². The number of phenolic OH excluding ortho intramolecular Hbond substituents is 1. The largest absolute Gasteiger partial charge is 0.510 e. The second-order valence-electron chi connectivity index (χ2n) is 6.79. The molecule has 0 fully saturated rings. The van der Waals surface area contributed by atoms with Gasteiger partial charge in [0.25, 0.3) is 0 Å². The number of para-hydroxylation sites is 1. The molecule has 0 saturated carbocycles. The molecule has 0 spiro atoms. The van der Waals surface area contributed by atoms with Crippen molar-refractivity contribution in [2.75, 3.05) is 0 Å². The molecule has 0 amide bonds. The van der Waals surface area contributed by atoms with Gasteiger partial charge in [0.2, 0.25) is 0 Å². The molecule has 1 aromatic rings. The number of aliphatic hydroxyl groups is 1. The number of benzene rings is 1. The first-order valence-corrected chi connectivity index (χ1v) is 9.48. The minimum Gasteiger partial charge on any atom is -0.510 e. The van der Waals surface area contributed by atoms with Crippen molar-refractivity contribution in [3.8, 4) is 5.75 Å². The number of allylic oxidation sites excluding steroid dienone is 2. The quantitative estimate of drug-likeness (QED) is 0.510. The number of nitrogens with two attached hydrogens (primary N) is 1. The smallest absolute Gasteiger partial charge is 0.122 e. The SMILES string of the molecule is CCCCCCCCCC1=CC=C(O)C(N)C1=Cc1ccccc1O. The monoisotopic (exact) mass is 341 g/mol. The molecule has 25 heavy (non-hydrogen) atoms. The second-order valence-corrected chi connectivity index (χ2v) is 6.79. The average Bonchev–Trinajstić information content (AvgIpc) is 2.61. The fourth-order valence-corrected chi connectivity index (χ4v) is 3.20. The van der Waals surface area contributed by atoms with Crippen molar-refractivity contribution in [2.45, 2.75) is 64.3 Å². The summed E-state index contributed by atoms with van der Waals surface area (Å²) in [7, 11) is 0. The first-order valence-electron chi connectivity index (χ1n) is 9.48. The highest BCUT2D eigenvalue weighted by molar-refractivity contribution is 5.66. The van der Waals surface area contributed by atoms with E-state index in [1.807, 2.05) is 24.3 Å². The first kappa shape index (κ1) is 19.3. The number of aliphatic hydroxyl groups excluding tert-OH is 1. The van der Waals surface area contributed by atoms with Crippen LogP contribution >= 0.6 is 0 Å². The fourth-order valence-electron chi connectivity index (χ4n) is 3.20. The Kier molecular flexibility index (Phi) is 7.80. The van der Waals surface area contributed by atoms with Crippen LogP contribution in [-0.2, 0) is 0 Å². The normalized spacial score (nSPS) is 19.0. The molecule has 136 valence electrons. The maximum atomic E-state index is 10.0. The molecule has 1 aliphatic carbocycles. The van der Waals surface area contributed by atoms with Gasteiger partial charge in [-0.3, -0.25) is 0 Å². The molecule has 0 heterocycles. The standard InChI is InChI=1S/C22H31NO2/c1-2-3-4-5-6-7-8-11-17-14-15-21(25)22(23)19(17)16-18-12-9-10-13-20(18)24/h9-10,12-16,22,24-25H,2-8,11,23H2,1H3. The van der Waals surface area contributed by atoms with E-state index in [2.05, 4.69) is 6.92 Å². The number of phenols is 1. The van der Waals surface area contributed by atoms with Crippen molar-refractivity contribution in [1.29, 1.82) is 0 Å². The van der Waals surface area contributed by atoms with Gasteiger partial charge in [0.05, 0.1) is 6.04 Å². The topological polar surface area (TPSA) is 66.5 Å². The molecule has 3 heteroatoms. The molecule has 3 nitrogen and oxygen atoms in total. The molecule has 0 aliphatic heterocycles. The van der Waals surface area contributed by atoms with Crippen molar-refractivity contribution in [3.05, 3.63) is 58.9 Å². The third kappa shape index (κ3) is 5.79. The Hall–Kier alpha value is -2.00. The lowest BCUT2D eigenvalue weighted by molar-refractivity contribution is 0.378. The van der Waals surface area contributed by atoms with E-state index in [-0.39, 0.29) is 11.5 Å². The third-order valence-corrected chi connectivity index (χ3v) is 4.78. The summed E-state index contributed by atoms with van der Waals surface area (Å²) < 4.78 is 0. The highest BCUT2D eigenvalue weighted by atomic mass is 16.3. The van der Waals surface area contributed by atoms with Gasteiger partial charge in [0.15, 0.2) is 0 Å². The molecular formula is C22H31NO2. The van der Waals surface area contributed by atoms with Gasteiger partial charge in [-0.2, -0.15) is 0 Å². The van der Waals surface area contributed by atoms with Gasteiger partial charge in [-0.25, -0.2) is 0 Å². The lowest BCUT2D eigenvalue weighted by atomic mass is 9.87. The lowest BCUT2D eigenvalue weighted by Gasteiger charge is -2.22. The Bertz CT molecular complexity index is 643. The molecule has 1 aliphatic rings. The van der Waals surface area contributed by atoms with Crippen LogP contribution in [0.2, 0.25) is 0 Å². The van der Waals surface area contributed by atoms with Crippen LogP contribution in [-0.4, -0.2) is 16.3 Å². The summed E-state index contributed by atoms with van der Waals surface area (Å²) in [6.45, 7) is 2.24. The summed E-state index contributed by atoms with van der Waals surface area (Å²) in [6.07, 6.45) is 15.4. The van der Waals surface area contributed by atoms with Gasteiger partial charge in [-0.15, -0.1) is 0 Å². The zero-order chi connectivity index (χ0) is 18.1. The minimum atomic E-state index is -0.524. The maximum absolute atomic E-state index is 10.0. The molecule has 0 bridgehead atoms. The second kappa shape index (κ2) is 10.1. The van der Waals surface area contributed by atoms with E-state index >= 15 is 0 Å². The summed E-state index contributed by atoms with van der Waals surface area (Å²) in [4.78, 5) is 0. The predicted octanol–water partition coefficient (Wildman–Crippen LogP) is 5.63. The fraction of sp³-hybridized carbons (Fsp3) is 0.455. The molecule has 4 N–H and O–H groups in total. The molecule has 0 aromatic heterocycles. The minimum absolute atomic E-state index is 0.171. The molecule has 0 radical (unpaired) electrons. The third-order valence-electron chi connectivity index (χ3n) is 4.78. The maximum Gasteiger partial charge on any atom is 0.122 e. The summed E-state index contributed by atoms with van der Waals surface area (Å²) in [5.74, 6) is 0.400. The van der Waals surface area contributed by atoms with Gasteiger partial charge in [0.1, 0.15) is 11.5 Å². The Morgan fingerprint density at radius 2 is 1.64 bits per heavy atom. The Morgan fingerprint density at radius 1 is 0.960 bits per heavy atom. The Labute approximate surface area is 151 Å². The summed E-state index contributed by atoms with van der Waals surface area (Å²) in [5, 5.41) is 20.0. The number of unbranched alkanes of at least 4 members (excludes halogenated alkanes) is 6. The molecule has 1 aromatic carbocycles. The van der Waals surface area contributed by atoms with E-state index in [0.29, 0.717) is 0 Å². The van der Waals surface area contributed by atoms with E-state index in [0.717, 1.165) is 29.6 Å². The van der Waals surface area contributed by atoms with Crippen LogP contribution in [0, 0.1) is 0 Å². The van der Waals surface area contributed by atoms with Crippen molar-refractivity contribution in [1.82, 2.24) is 0 Å². The Balaban J connectivity index is 2.00. The van der Waals surface area contributed by atoms with Gasteiger partial charge in [0, 0.05) is 5.56 Å². The van der Waals surface area contributed by atoms with E-state index in [1.54, 1.807) is 18.2 Å². The van der Waals surface area contributed by atoms with Crippen molar-refractivity contribution in [3.63, 3.8) is 0 Å². The van der Waals surface area contributed by atoms with E-state index in [4.69, 9.17) is 5.73 Å². The molecule has 0 saturated heterocycles. The zero-order valence-corrected chi connectivity index (χ0v) is 15.2. The first-order chi connectivity index (χ1) is 12.1. The number of hydrogen-bond acceptors (Lipinski definition) is 3. The number of hydrogen-bond donors (Lipinski definition) is 3. The van der Waals surface area contributed by atoms with Crippen LogP contribution < -0.4 is 5.73 Å². The van der Waals surface area contributed by atoms with Crippen LogP contribution in [0.4, 0.5) is 0 Å².